The molecule has 0 fully saturated rings. The third kappa shape index (κ3) is 1.06. The molecule has 7 nitrogen and oxygen atoms in total. The molecule has 0 saturated carbocycles. The fraction of sp³-hybridized carbons (Fsp3) is 0.143. The SMILES string of the molecule is Cc1n[nH]c2nc(C(=O)O)cc(=O)n12. The zero-order valence-electron chi connectivity index (χ0n) is 7.18. The summed E-state index contributed by atoms with van der Waals surface area (Å²) in [6, 6.07) is 0.956. The lowest BCUT2D eigenvalue weighted by atomic mass is 10.4. The van der Waals surface area contributed by atoms with E-state index < -0.39 is 11.5 Å². The Labute approximate surface area is 77.0 Å². The van der Waals surface area contributed by atoms with Crippen LogP contribution >= 0.6 is 0 Å². The lowest BCUT2D eigenvalue weighted by Gasteiger charge is -1.94. The smallest absolute Gasteiger partial charge is 0.354 e. The molecule has 2 N–H and O–H groups in total. The lowest BCUT2D eigenvalue weighted by Crippen LogP contribution is -2.17. The molecule has 0 atom stereocenters. The molecule has 2 aromatic heterocycles. The van der Waals surface area contributed by atoms with E-state index in [-0.39, 0.29) is 11.5 Å². The average molecular weight is 194 g/mol. The largest absolute Gasteiger partial charge is 0.477 e. The maximum Gasteiger partial charge on any atom is 0.354 e. The van der Waals surface area contributed by atoms with Crippen molar-refractivity contribution >= 4 is 11.7 Å². The Hall–Kier alpha value is -2.18. The van der Waals surface area contributed by atoms with Gasteiger partial charge >= 0.3 is 5.97 Å². The highest BCUT2D eigenvalue weighted by atomic mass is 16.4. The second-order valence-electron chi connectivity index (χ2n) is 2.71. The van der Waals surface area contributed by atoms with E-state index in [0.29, 0.717) is 5.82 Å². The van der Waals surface area contributed by atoms with Gasteiger partial charge in [0.1, 0.15) is 5.82 Å². The Balaban J connectivity index is 2.87. The number of rotatable bonds is 1. The molecule has 0 unspecified atom stereocenters. The van der Waals surface area contributed by atoms with Gasteiger partial charge in [0, 0.05) is 6.07 Å². The lowest BCUT2D eigenvalue weighted by molar-refractivity contribution is 0.0690. The first-order valence-corrected chi connectivity index (χ1v) is 3.77. The Morgan fingerprint density at radius 2 is 2.36 bits per heavy atom. The number of carbonyl (C=O) groups is 1. The van der Waals surface area contributed by atoms with Crippen LogP contribution in [0.2, 0.25) is 0 Å². The average Bonchev–Trinajstić information content (AvgIpc) is 2.48. The summed E-state index contributed by atoms with van der Waals surface area (Å²) in [6.07, 6.45) is 0. The second kappa shape index (κ2) is 2.66. The summed E-state index contributed by atoms with van der Waals surface area (Å²) < 4.78 is 1.20. The number of aryl methyl sites for hydroxylation is 1. The predicted octanol–water partition coefficient (Wildman–Crippen LogP) is -0.576. The van der Waals surface area contributed by atoms with Gasteiger partial charge in [0.25, 0.3) is 5.56 Å². The molecule has 0 amide bonds. The van der Waals surface area contributed by atoms with Crippen LogP contribution in [0.5, 0.6) is 0 Å². The van der Waals surface area contributed by atoms with E-state index in [4.69, 9.17) is 5.11 Å². The number of hydrogen-bond acceptors (Lipinski definition) is 4. The van der Waals surface area contributed by atoms with Gasteiger partial charge in [-0.3, -0.25) is 4.79 Å². The molecular weight excluding hydrogens is 188 g/mol. The third-order valence-corrected chi connectivity index (χ3v) is 1.78. The number of hydrogen-bond donors (Lipinski definition) is 2. The molecular formula is C7H6N4O3. The maximum atomic E-state index is 11.4. The van der Waals surface area contributed by atoms with E-state index in [1.54, 1.807) is 6.92 Å². The molecule has 14 heavy (non-hydrogen) atoms. The molecule has 72 valence electrons. The summed E-state index contributed by atoms with van der Waals surface area (Å²) in [5, 5.41) is 14.8. The number of carboxylic acid groups (broad SMARTS) is 1. The number of aromatic nitrogens is 4. The van der Waals surface area contributed by atoms with E-state index in [1.165, 1.54) is 4.40 Å². The van der Waals surface area contributed by atoms with Crippen molar-refractivity contribution in [3.05, 3.63) is 27.9 Å². The Morgan fingerprint density at radius 3 is 3.00 bits per heavy atom. The van der Waals surface area contributed by atoms with Gasteiger partial charge < -0.3 is 5.11 Å². The molecule has 0 aliphatic carbocycles. The molecule has 0 radical (unpaired) electrons. The van der Waals surface area contributed by atoms with Crippen molar-refractivity contribution in [2.75, 3.05) is 0 Å². The van der Waals surface area contributed by atoms with E-state index in [9.17, 15) is 9.59 Å². The van der Waals surface area contributed by atoms with Gasteiger partial charge in [-0.15, -0.1) is 0 Å². The number of aromatic amines is 1. The summed E-state index contributed by atoms with van der Waals surface area (Å²) in [6.45, 7) is 1.62. The molecule has 2 aromatic rings. The highest BCUT2D eigenvalue weighted by molar-refractivity contribution is 5.85. The van der Waals surface area contributed by atoms with Gasteiger partial charge in [-0.05, 0) is 6.92 Å². The number of H-pyrrole nitrogens is 1. The molecule has 0 saturated heterocycles. The van der Waals surface area contributed by atoms with E-state index in [1.807, 2.05) is 0 Å². The minimum atomic E-state index is -1.24. The van der Waals surface area contributed by atoms with Gasteiger partial charge in [-0.1, -0.05) is 0 Å². The predicted molar refractivity (Wildman–Crippen MR) is 45.3 cm³/mol. The summed E-state index contributed by atoms with van der Waals surface area (Å²) in [5.41, 5.74) is -0.752. The fourth-order valence-corrected chi connectivity index (χ4v) is 1.16. The molecule has 0 aliphatic heterocycles. The summed E-state index contributed by atoms with van der Waals surface area (Å²) in [5.74, 6) is -0.668. The molecule has 2 heterocycles. The van der Waals surface area contributed by atoms with Crippen molar-refractivity contribution in [1.29, 1.82) is 0 Å². The quantitative estimate of drug-likeness (QED) is 0.632. The Morgan fingerprint density at radius 1 is 1.64 bits per heavy atom. The number of fused-ring (bicyclic) bond motifs is 1. The fourth-order valence-electron chi connectivity index (χ4n) is 1.16. The van der Waals surface area contributed by atoms with Crippen LogP contribution in [0.3, 0.4) is 0 Å². The maximum absolute atomic E-state index is 11.4. The first kappa shape index (κ1) is 8.42. The number of carboxylic acids is 1. The second-order valence-corrected chi connectivity index (χ2v) is 2.71. The van der Waals surface area contributed by atoms with Crippen LogP contribution in [0.15, 0.2) is 10.9 Å². The van der Waals surface area contributed by atoms with Crippen molar-refractivity contribution in [1.82, 2.24) is 19.6 Å². The van der Waals surface area contributed by atoms with E-state index in [2.05, 4.69) is 15.2 Å². The van der Waals surface area contributed by atoms with Crippen LogP contribution in [-0.4, -0.2) is 30.7 Å². The highest BCUT2D eigenvalue weighted by Gasteiger charge is 2.10. The molecule has 0 bridgehead atoms. The standard InChI is InChI=1S/C7H6N4O3/c1-3-9-10-7-8-4(6(13)14)2-5(12)11(3)7/h2H,1H3,(H,8,10)(H,13,14). The zero-order valence-corrected chi connectivity index (χ0v) is 7.18. The minimum Gasteiger partial charge on any atom is -0.477 e. The number of nitrogens with one attached hydrogen (secondary N) is 1. The number of aromatic carboxylic acids is 1. The first-order chi connectivity index (χ1) is 6.59. The Kier molecular flexibility index (Phi) is 1.60. The molecule has 0 spiro atoms. The van der Waals surface area contributed by atoms with Gasteiger partial charge in [0.05, 0.1) is 0 Å². The molecule has 0 aliphatic rings. The van der Waals surface area contributed by atoms with Gasteiger partial charge in [0.15, 0.2) is 5.69 Å². The van der Waals surface area contributed by atoms with Crippen molar-refractivity contribution in [2.45, 2.75) is 6.92 Å². The Bertz CT molecular complexity index is 568. The molecule has 0 aromatic carbocycles. The van der Waals surface area contributed by atoms with Crippen LogP contribution in [-0.2, 0) is 0 Å². The topological polar surface area (TPSA) is 100 Å². The van der Waals surface area contributed by atoms with Crippen molar-refractivity contribution in [3.63, 3.8) is 0 Å². The summed E-state index contributed by atoms with van der Waals surface area (Å²) in [7, 11) is 0. The van der Waals surface area contributed by atoms with E-state index >= 15 is 0 Å². The van der Waals surface area contributed by atoms with E-state index in [0.717, 1.165) is 6.07 Å². The normalized spacial score (nSPS) is 10.6. The monoisotopic (exact) mass is 194 g/mol. The van der Waals surface area contributed by atoms with Gasteiger partial charge in [0.2, 0.25) is 5.78 Å². The summed E-state index contributed by atoms with van der Waals surface area (Å²) in [4.78, 5) is 25.6. The van der Waals surface area contributed by atoms with Crippen LogP contribution in [0, 0.1) is 6.92 Å². The third-order valence-electron chi connectivity index (χ3n) is 1.78. The van der Waals surface area contributed by atoms with Crippen LogP contribution in [0.1, 0.15) is 16.3 Å². The van der Waals surface area contributed by atoms with Gasteiger partial charge in [-0.25, -0.2) is 19.3 Å². The minimum absolute atomic E-state index is 0.132. The molecule has 2 rings (SSSR count). The van der Waals surface area contributed by atoms with Crippen LogP contribution < -0.4 is 5.56 Å². The molecule has 7 heteroatoms. The number of nitrogens with zero attached hydrogens (tertiary/aromatic N) is 3. The van der Waals surface area contributed by atoms with Crippen molar-refractivity contribution in [3.8, 4) is 0 Å². The highest BCUT2D eigenvalue weighted by Crippen LogP contribution is 1.97. The van der Waals surface area contributed by atoms with Crippen LogP contribution in [0.4, 0.5) is 0 Å². The van der Waals surface area contributed by atoms with Crippen LogP contribution in [0.25, 0.3) is 5.78 Å². The first-order valence-electron chi connectivity index (χ1n) is 3.77. The van der Waals surface area contributed by atoms with Crippen molar-refractivity contribution < 1.29 is 9.90 Å². The zero-order chi connectivity index (χ0) is 10.3. The van der Waals surface area contributed by atoms with Gasteiger partial charge in [-0.2, -0.15) is 5.10 Å². The summed E-state index contributed by atoms with van der Waals surface area (Å²) >= 11 is 0. The van der Waals surface area contributed by atoms with Crippen molar-refractivity contribution in [2.24, 2.45) is 0 Å².